The second kappa shape index (κ2) is 10.8. The highest BCUT2D eigenvalue weighted by Crippen LogP contribution is 2.41. The Morgan fingerprint density at radius 2 is 1.68 bits per heavy atom. The Bertz CT molecular complexity index is 1250. The zero-order valence-electron chi connectivity index (χ0n) is 20.7. The molecule has 2 aliphatic heterocycles. The number of hydrogen-bond donors (Lipinski definition) is 0. The standard InChI is InChI=1S/C26H30ClF4N3O3S/c27-19-2-1-3-22(14-19)38(35,36)34-16-24(34)18-4-7-21(8-5-18)32-10-12-33(13-11-32)23-9-6-20(28)15-25(23)37-17-26(29,30)31/h1-3,6,9,14-15,18,21,24H,4-5,7-8,10-13,16-17H2. The van der Waals surface area contributed by atoms with Gasteiger partial charge in [0.15, 0.2) is 6.61 Å². The first-order valence-corrected chi connectivity index (χ1v) is 14.6. The molecule has 2 aromatic carbocycles. The fraction of sp³-hybridized carbons (Fsp3) is 0.538. The molecule has 2 aromatic rings. The van der Waals surface area contributed by atoms with Gasteiger partial charge in [0.1, 0.15) is 11.6 Å². The molecule has 0 spiro atoms. The van der Waals surface area contributed by atoms with Crippen LogP contribution in [0.4, 0.5) is 23.2 Å². The highest BCUT2D eigenvalue weighted by molar-refractivity contribution is 7.89. The van der Waals surface area contributed by atoms with Gasteiger partial charge in [-0.2, -0.15) is 17.5 Å². The molecule has 0 N–H and O–H groups in total. The van der Waals surface area contributed by atoms with Crippen molar-refractivity contribution >= 4 is 27.3 Å². The van der Waals surface area contributed by atoms with Gasteiger partial charge in [0, 0.05) is 55.9 Å². The summed E-state index contributed by atoms with van der Waals surface area (Å²) >= 11 is 5.99. The first kappa shape index (κ1) is 27.5. The van der Waals surface area contributed by atoms with Crippen LogP contribution in [0.15, 0.2) is 47.4 Å². The minimum atomic E-state index is -4.50. The first-order valence-electron chi connectivity index (χ1n) is 12.8. The smallest absolute Gasteiger partial charge is 0.422 e. The average molecular weight is 576 g/mol. The van der Waals surface area contributed by atoms with Crippen LogP contribution in [0.2, 0.25) is 5.02 Å². The molecule has 6 nitrogen and oxygen atoms in total. The zero-order valence-corrected chi connectivity index (χ0v) is 22.3. The van der Waals surface area contributed by atoms with E-state index in [9.17, 15) is 26.0 Å². The van der Waals surface area contributed by atoms with Gasteiger partial charge in [-0.25, -0.2) is 12.8 Å². The maximum absolute atomic E-state index is 13.7. The Hall–Kier alpha value is -2.08. The molecule has 2 heterocycles. The third-order valence-electron chi connectivity index (χ3n) is 7.78. The van der Waals surface area contributed by atoms with Gasteiger partial charge >= 0.3 is 6.18 Å². The number of hydrogen-bond acceptors (Lipinski definition) is 5. The third kappa shape index (κ3) is 6.21. The highest BCUT2D eigenvalue weighted by atomic mass is 35.5. The molecule has 12 heteroatoms. The molecule has 0 bridgehead atoms. The van der Waals surface area contributed by atoms with Crippen LogP contribution in [0.3, 0.4) is 0 Å². The molecule has 3 aliphatic rings. The van der Waals surface area contributed by atoms with E-state index in [1.54, 1.807) is 22.5 Å². The van der Waals surface area contributed by atoms with E-state index in [1.807, 2.05) is 4.90 Å². The molecule has 0 radical (unpaired) electrons. The van der Waals surface area contributed by atoms with Crippen molar-refractivity contribution in [1.82, 2.24) is 9.21 Å². The van der Waals surface area contributed by atoms with Crippen LogP contribution < -0.4 is 9.64 Å². The third-order valence-corrected chi connectivity index (χ3v) is 9.90. The first-order chi connectivity index (χ1) is 18.0. The Balaban J connectivity index is 1.12. The van der Waals surface area contributed by atoms with Crippen LogP contribution in [0.25, 0.3) is 0 Å². The van der Waals surface area contributed by atoms with Crippen LogP contribution in [-0.2, 0) is 10.0 Å². The average Bonchev–Trinajstić information content (AvgIpc) is 3.70. The number of rotatable bonds is 7. The number of nitrogens with zero attached hydrogens (tertiary/aromatic N) is 3. The summed E-state index contributed by atoms with van der Waals surface area (Å²) in [6.07, 6.45) is -0.654. The second-order valence-electron chi connectivity index (χ2n) is 10.2. The highest BCUT2D eigenvalue weighted by Gasteiger charge is 2.49. The van der Waals surface area contributed by atoms with Crippen LogP contribution in [0.5, 0.6) is 5.75 Å². The van der Waals surface area contributed by atoms with Gasteiger partial charge in [-0.3, -0.25) is 4.90 Å². The number of alkyl halides is 3. The summed E-state index contributed by atoms with van der Waals surface area (Å²) in [7, 11) is -3.54. The Kier molecular flexibility index (Phi) is 7.83. The molecule has 1 saturated carbocycles. The summed E-state index contributed by atoms with van der Waals surface area (Å²) in [6.45, 7) is 1.75. The van der Waals surface area contributed by atoms with E-state index in [4.69, 9.17) is 16.3 Å². The number of sulfonamides is 1. The SMILES string of the molecule is O=S(=O)(c1cccc(Cl)c1)N1CC1C1CCC(N2CCN(c3ccc(F)cc3OCC(F)(F)F)CC2)CC1. The van der Waals surface area contributed by atoms with Crippen LogP contribution in [-0.4, -0.2) is 75.2 Å². The van der Waals surface area contributed by atoms with Crippen molar-refractivity contribution in [1.29, 1.82) is 0 Å². The normalized spacial score (nSPS) is 26.8. The van der Waals surface area contributed by atoms with E-state index in [-0.39, 0.29) is 16.7 Å². The van der Waals surface area contributed by atoms with Crippen molar-refractivity contribution in [2.24, 2.45) is 5.92 Å². The molecular formula is C26H30ClF4N3O3S. The summed E-state index contributed by atoms with van der Waals surface area (Å²) in [6, 6.07) is 10.5. The molecule has 5 rings (SSSR count). The fourth-order valence-electron chi connectivity index (χ4n) is 5.76. The van der Waals surface area contributed by atoms with Crippen molar-refractivity contribution in [2.45, 2.75) is 48.8 Å². The van der Waals surface area contributed by atoms with Gasteiger partial charge in [-0.15, -0.1) is 0 Å². The number of halogens is 5. The molecule has 2 unspecified atom stereocenters. The van der Waals surface area contributed by atoms with Crippen LogP contribution in [0, 0.1) is 11.7 Å². The van der Waals surface area contributed by atoms with Crippen LogP contribution in [0.1, 0.15) is 25.7 Å². The number of anilines is 1. The van der Waals surface area contributed by atoms with Gasteiger partial charge in [0.05, 0.1) is 10.6 Å². The molecule has 0 aromatic heterocycles. The summed E-state index contributed by atoms with van der Waals surface area (Å²) in [5.41, 5.74) is 0.466. The maximum Gasteiger partial charge on any atom is 0.422 e. The Labute approximate surface area is 225 Å². The van der Waals surface area contributed by atoms with Crippen LogP contribution >= 0.6 is 11.6 Å². The van der Waals surface area contributed by atoms with Crippen molar-refractivity contribution in [3.8, 4) is 5.75 Å². The topological polar surface area (TPSA) is 52.9 Å². The molecule has 2 saturated heterocycles. The molecule has 0 amide bonds. The van der Waals surface area contributed by atoms with E-state index < -0.39 is 28.6 Å². The van der Waals surface area contributed by atoms with E-state index in [2.05, 4.69) is 4.90 Å². The summed E-state index contributed by atoms with van der Waals surface area (Å²) in [5.74, 6) is -0.414. The number of ether oxygens (including phenoxy) is 1. The maximum atomic E-state index is 13.7. The lowest BCUT2D eigenvalue weighted by Gasteiger charge is -2.43. The Morgan fingerprint density at radius 1 is 0.974 bits per heavy atom. The minimum absolute atomic E-state index is 0.0328. The largest absolute Gasteiger partial charge is 0.482 e. The molecule has 3 fully saturated rings. The van der Waals surface area contributed by atoms with Gasteiger partial charge < -0.3 is 9.64 Å². The summed E-state index contributed by atoms with van der Waals surface area (Å²) in [4.78, 5) is 4.57. The predicted molar refractivity (Wildman–Crippen MR) is 137 cm³/mol. The summed E-state index contributed by atoms with van der Waals surface area (Å²) in [5, 5.41) is 0.398. The predicted octanol–water partition coefficient (Wildman–Crippen LogP) is 5.17. The van der Waals surface area contributed by atoms with Crippen molar-refractivity contribution in [3.63, 3.8) is 0 Å². The van der Waals surface area contributed by atoms with Crippen molar-refractivity contribution in [2.75, 3.05) is 44.2 Å². The molecule has 2 atom stereocenters. The lowest BCUT2D eigenvalue weighted by molar-refractivity contribution is -0.153. The van der Waals surface area contributed by atoms with Gasteiger partial charge in [0.2, 0.25) is 10.0 Å². The lowest BCUT2D eigenvalue weighted by atomic mass is 9.83. The van der Waals surface area contributed by atoms with E-state index in [1.165, 1.54) is 18.2 Å². The molecular weight excluding hydrogens is 546 g/mol. The molecule has 38 heavy (non-hydrogen) atoms. The molecule has 208 valence electrons. The number of piperazine rings is 1. The number of benzene rings is 2. The van der Waals surface area contributed by atoms with Gasteiger partial charge in [-0.05, 0) is 61.9 Å². The van der Waals surface area contributed by atoms with E-state index >= 15 is 0 Å². The molecule has 1 aliphatic carbocycles. The van der Waals surface area contributed by atoms with Crippen molar-refractivity contribution < 1.29 is 30.7 Å². The Morgan fingerprint density at radius 3 is 2.34 bits per heavy atom. The fourth-order valence-corrected chi connectivity index (χ4v) is 7.69. The summed E-state index contributed by atoms with van der Waals surface area (Å²) < 4.78 is 84.1. The lowest BCUT2D eigenvalue weighted by Crippen LogP contribution is -2.51. The second-order valence-corrected chi connectivity index (χ2v) is 12.5. The quantitative estimate of drug-likeness (QED) is 0.337. The van der Waals surface area contributed by atoms with E-state index in [0.717, 1.165) is 44.8 Å². The van der Waals surface area contributed by atoms with E-state index in [0.29, 0.717) is 42.3 Å². The van der Waals surface area contributed by atoms with Gasteiger partial charge in [0.25, 0.3) is 0 Å². The monoisotopic (exact) mass is 575 g/mol. The minimum Gasteiger partial charge on any atom is -0.482 e. The van der Waals surface area contributed by atoms with Crippen molar-refractivity contribution in [3.05, 3.63) is 53.3 Å². The zero-order chi connectivity index (χ0) is 27.1. The van der Waals surface area contributed by atoms with Gasteiger partial charge in [-0.1, -0.05) is 17.7 Å².